The molecular weight excluding hydrogens is 452 g/mol. The summed E-state index contributed by atoms with van der Waals surface area (Å²) in [5.41, 5.74) is 1.59. The summed E-state index contributed by atoms with van der Waals surface area (Å²) in [5, 5.41) is 2.77. The fraction of sp³-hybridized carbons (Fsp3) is 0.200. The molecule has 1 aliphatic heterocycles. The molecule has 0 unspecified atom stereocenters. The number of benzene rings is 1. The van der Waals surface area contributed by atoms with Crippen LogP contribution in [0.1, 0.15) is 21.7 Å². The van der Waals surface area contributed by atoms with Crippen LogP contribution in [0, 0.1) is 0 Å². The summed E-state index contributed by atoms with van der Waals surface area (Å²) in [7, 11) is 1.56. The number of pyridine rings is 2. The lowest BCUT2D eigenvalue weighted by Crippen LogP contribution is -2.41. The van der Waals surface area contributed by atoms with Gasteiger partial charge in [-0.15, -0.1) is 11.3 Å². The predicted octanol–water partition coefficient (Wildman–Crippen LogP) is 4.52. The fourth-order valence-electron chi connectivity index (χ4n) is 3.53. The van der Waals surface area contributed by atoms with Crippen molar-refractivity contribution in [1.82, 2.24) is 14.9 Å². The quantitative estimate of drug-likeness (QED) is 0.423. The van der Waals surface area contributed by atoms with Crippen LogP contribution in [0.5, 0.6) is 17.2 Å². The van der Waals surface area contributed by atoms with Crippen molar-refractivity contribution in [3.63, 3.8) is 0 Å². The number of carbonyl (C=O) groups excluding carboxylic acids is 2. The fourth-order valence-corrected chi connectivity index (χ4v) is 4.56. The molecule has 0 bridgehead atoms. The first kappa shape index (κ1) is 21.8. The third-order valence-electron chi connectivity index (χ3n) is 5.49. The minimum absolute atomic E-state index is 0.0488. The first-order valence-corrected chi connectivity index (χ1v) is 11.7. The number of nitrogens with zero attached hydrogens (tertiary/aromatic N) is 3. The Bertz CT molecular complexity index is 1330. The van der Waals surface area contributed by atoms with Gasteiger partial charge < -0.3 is 19.7 Å². The van der Waals surface area contributed by atoms with Crippen LogP contribution in [0.4, 0.5) is 5.82 Å². The molecule has 9 heteroatoms. The number of nitrogens with one attached hydrogen (secondary N) is 1. The van der Waals surface area contributed by atoms with E-state index < -0.39 is 0 Å². The highest BCUT2D eigenvalue weighted by Crippen LogP contribution is 2.35. The normalized spacial score (nSPS) is 12.8. The van der Waals surface area contributed by atoms with Gasteiger partial charge in [0, 0.05) is 25.4 Å². The van der Waals surface area contributed by atoms with E-state index in [0.29, 0.717) is 27.9 Å². The van der Waals surface area contributed by atoms with E-state index in [1.807, 2.05) is 35.2 Å². The van der Waals surface area contributed by atoms with Gasteiger partial charge >= 0.3 is 0 Å². The second kappa shape index (κ2) is 9.48. The molecule has 5 rings (SSSR count). The van der Waals surface area contributed by atoms with E-state index in [-0.39, 0.29) is 18.2 Å². The van der Waals surface area contributed by atoms with Crippen LogP contribution in [0.25, 0.3) is 10.2 Å². The predicted molar refractivity (Wildman–Crippen MR) is 130 cm³/mol. The molecular formula is C25H22N4O4S. The highest BCUT2D eigenvalue weighted by Gasteiger charge is 2.24. The van der Waals surface area contributed by atoms with Gasteiger partial charge in [0.2, 0.25) is 5.91 Å². The number of anilines is 1. The summed E-state index contributed by atoms with van der Waals surface area (Å²) in [6.07, 6.45) is 4.49. The second-order valence-corrected chi connectivity index (χ2v) is 8.89. The maximum Gasteiger partial charge on any atom is 0.264 e. The highest BCUT2D eigenvalue weighted by atomic mass is 32.1. The number of carbonyl (C=O) groups is 2. The number of fused-ring (bicyclic) bond motifs is 1. The van der Waals surface area contributed by atoms with Gasteiger partial charge in [-0.3, -0.25) is 14.6 Å². The molecule has 0 spiro atoms. The van der Waals surface area contributed by atoms with Crippen LogP contribution in [0.2, 0.25) is 0 Å². The van der Waals surface area contributed by atoms with Crippen molar-refractivity contribution in [2.75, 3.05) is 25.5 Å². The maximum absolute atomic E-state index is 12.6. The minimum Gasteiger partial charge on any atom is -0.495 e. The molecule has 1 saturated heterocycles. The summed E-state index contributed by atoms with van der Waals surface area (Å²) < 4.78 is 12.0. The molecule has 1 fully saturated rings. The zero-order valence-corrected chi connectivity index (χ0v) is 19.3. The van der Waals surface area contributed by atoms with Crippen molar-refractivity contribution in [2.45, 2.75) is 12.8 Å². The molecule has 4 heterocycles. The van der Waals surface area contributed by atoms with Gasteiger partial charge in [-0.2, -0.15) is 0 Å². The summed E-state index contributed by atoms with van der Waals surface area (Å²) in [4.78, 5) is 35.9. The first-order chi connectivity index (χ1) is 16.6. The molecule has 2 amide bonds. The van der Waals surface area contributed by atoms with Gasteiger partial charge in [0.05, 0.1) is 34.8 Å². The average Bonchev–Trinajstić information content (AvgIpc) is 3.25. The van der Waals surface area contributed by atoms with E-state index in [4.69, 9.17) is 9.47 Å². The molecule has 1 aliphatic rings. The summed E-state index contributed by atoms with van der Waals surface area (Å²) >= 11 is 1.40. The summed E-state index contributed by atoms with van der Waals surface area (Å²) in [5.74, 6) is 2.26. The number of aromatic nitrogens is 2. The number of thiophene rings is 1. The maximum atomic E-state index is 12.6. The molecule has 8 nitrogen and oxygen atoms in total. The van der Waals surface area contributed by atoms with Crippen molar-refractivity contribution in [2.24, 2.45) is 0 Å². The molecule has 172 valence electrons. The van der Waals surface area contributed by atoms with Crippen molar-refractivity contribution >= 4 is 39.2 Å². The van der Waals surface area contributed by atoms with Crippen LogP contribution in [-0.4, -0.2) is 46.9 Å². The van der Waals surface area contributed by atoms with Crippen LogP contribution in [0.15, 0.2) is 60.9 Å². The Labute approximate surface area is 200 Å². The third-order valence-corrected chi connectivity index (χ3v) is 6.61. The van der Waals surface area contributed by atoms with Crippen LogP contribution >= 0.6 is 11.3 Å². The number of hydrogen-bond donors (Lipinski definition) is 1. The van der Waals surface area contributed by atoms with Crippen molar-refractivity contribution < 1.29 is 19.1 Å². The Hall–Kier alpha value is -3.98. The molecule has 34 heavy (non-hydrogen) atoms. The Balaban J connectivity index is 1.24. The Morgan fingerprint density at radius 1 is 1.06 bits per heavy atom. The summed E-state index contributed by atoms with van der Waals surface area (Å²) in [6, 6.07) is 14.4. The number of methoxy groups -OCH3 is 1. The van der Waals surface area contributed by atoms with E-state index >= 15 is 0 Å². The lowest BCUT2D eigenvalue weighted by molar-refractivity contribution is -0.115. The molecule has 0 aliphatic carbocycles. The molecule has 0 saturated carbocycles. The minimum atomic E-state index is -0.167. The van der Waals surface area contributed by atoms with Gasteiger partial charge in [-0.1, -0.05) is 12.1 Å². The van der Waals surface area contributed by atoms with Crippen LogP contribution < -0.4 is 14.8 Å². The van der Waals surface area contributed by atoms with Crippen LogP contribution in [-0.2, 0) is 11.2 Å². The van der Waals surface area contributed by atoms with E-state index in [0.717, 1.165) is 35.3 Å². The van der Waals surface area contributed by atoms with Crippen molar-refractivity contribution in [3.05, 3.63) is 71.4 Å². The Morgan fingerprint density at radius 3 is 2.53 bits per heavy atom. The number of amides is 2. The smallest absolute Gasteiger partial charge is 0.264 e. The first-order valence-electron chi connectivity index (χ1n) is 10.8. The largest absolute Gasteiger partial charge is 0.495 e. The standard InChI is InChI=1S/C25H22N4O4S/c1-32-18-7-8-22(27-15-18)28-23(30)13-16-3-5-17(6-4-16)33-20-9-10-26-19-14-21(34-24(19)20)25(31)29-11-2-12-29/h3-10,14-15H,2,11-13H2,1H3,(H,27,28,30). The van der Waals surface area contributed by atoms with E-state index in [1.165, 1.54) is 11.3 Å². The number of likely N-dealkylation sites (tertiary alicyclic amines) is 1. The van der Waals surface area contributed by atoms with Gasteiger partial charge in [0.25, 0.3) is 5.91 Å². The average molecular weight is 475 g/mol. The van der Waals surface area contributed by atoms with Crippen molar-refractivity contribution in [1.29, 1.82) is 0 Å². The van der Waals surface area contributed by atoms with Gasteiger partial charge in [-0.05, 0) is 42.3 Å². The monoisotopic (exact) mass is 474 g/mol. The lowest BCUT2D eigenvalue weighted by atomic mass is 10.1. The number of ether oxygens (including phenoxy) is 2. The summed E-state index contributed by atoms with van der Waals surface area (Å²) in [6.45, 7) is 1.62. The molecule has 0 atom stereocenters. The van der Waals surface area contributed by atoms with Crippen molar-refractivity contribution in [3.8, 4) is 17.2 Å². The van der Waals surface area contributed by atoms with Gasteiger partial charge in [-0.25, -0.2) is 4.98 Å². The van der Waals surface area contributed by atoms with E-state index in [2.05, 4.69) is 15.3 Å². The molecule has 1 aromatic carbocycles. The number of rotatable bonds is 7. The van der Waals surface area contributed by atoms with E-state index in [9.17, 15) is 9.59 Å². The second-order valence-electron chi connectivity index (χ2n) is 7.83. The highest BCUT2D eigenvalue weighted by molar-refractivity contribution is 7.21. The number of hydrogen-bond acceptors (Lipinski definition) is 7. The SMILES string of the molecule is COc1ccc(NC(=O)Cc2ccc(Oc3ccnc4cc(C(=O)N5CCC5)sc34)cc2)nc1. The topological polar surface area (TPSA) is 93.7 Å². The molecule has 0 radical (unpaired) electrons. The van der Waals surface area contributed by atoms with Crippen LogP contribution in [0.3, 0.4) is 0 Å². The third kappa shape index (κ3) is 4.69. The molecule has 1 N–H and O–H groups in total. The van der Waals surface area contributed by atoms with Gasteiger partial charge in [0.1, 0.15) is 23.1 Å². The van der Waals surface area contributed by atoms with E-state index in [1.54, 1.807) is 37.7 Å². The molecule has 4 aromatic rings. The zero-order valence-electron chi connectivity index (χ0n) is 18.5. The zero-order chi connectivity index (χ0) is 23.5. The Morgan fingerprint density at radius 2 is 1.85 bits per heavy atom. The molecule has 3 aromatic heterocycles. The lowest BCUT2D eigenvalue weighted by Gasteiger charge is -2.30. The Kier molecular flexibility index (Phi) is 6.09. The van der Waals surface area contributed by atoms with Gasteiger partial charge in [0.15, 0.2) is 0 Å².